The molecule has 3 aliphatic rings. The Bertz CT molecular complexity index is 1380. The summed E-state index contributed by atoms with van der Waals surface area (Å²) in [6.45, 7) is 5.65. The average molecular weight is 491 g/mol. The third-order valence-corrected chi connectivity index (χ3v) is 8.17. The van der Waals surface area contributed by atoms with Gasteiger partial charge in [-0.05, 0) is 68.8 Å². The van der Waals surface area contributed by atoms with Crippen molar-refractivity contribution in [1.82, 2.24) is 4.90 Å². The molecule has 34 heavy (non-hydrogen) atoms. The second-order valence-corrected chi connectivity index (χ2v) is 11.1. The van der Waals surface area contributed by atoms with Crippen LogP contribution in [-0.4, -0.2) is 65.9 Å². The van der Waals surface area contributed by atoms with Gasteiger partial charge in [-0.3, -0.25) is 19.0 Å². The van der Waals surface area contributed by atoms with E-state index in [1.165, 1.54) is 12.1 Å². The van der Waals surface area contributed by atoms with Crippen molar-refractivity contribution in [3.05, 3.63) is 47.5 Å². The van der Waals surface area contributed by atoms with E-state index < -0.39 is 21.6 Å². The Morgan fingerprint density at radius 2 is 1.71 bits per heavy atom. The summed E-state index contributed by atoms with van der Waals surface area (Å²) >= 11 is 0. The third kappa shape index (κ3) is 3.85. The van der Waals surface area contributed by atoms with Gasteiger partial charge >= 0.3 is 29.6 Å². The van der Waals surface area contributed by atoms with Gasteiger partial charge in [0.2, 0.25) is 5.69 Å². The first-order valence-electron chi connectivity index (χ1n) is 11.2. The number of carbonyl (C=O) groups excluding carboxylic acids is 2. The van der Waals surface area contributed by atoms with E-state index >= 15 is 0 Å². The predicted molar refractivity (Wildman–Crippen MR) is 125 cm³/mol. The summed E-state index contributed by atoms with van der Waals surface area (Å²) in [5, 5.41) is 1.56. The van der Waals surface area contributed by atoms with Crippen LogP contribution in [-0.2, 0) is 25.1 Å². The van der Waals surface area contributed by atoms with Crippen LogP contribution in [0.25, 0.3) is 10.8 Å². The summed E-state index contributed by atoms with van der Waals surface area (Å²) in [5.74, 6) is -0.200. The minimum atomic E-state index is -4.30. The minimum absolute atomic E-state index is 0. The van der Waals surface area contributed by atoms with E-state index in [4.69, 9.17) is 0 Å². The number of carbonyl (C=O) groups is 2. The van der Waals surface area contributed by atoms with Gasteiger partial charge in [0.25, 0.3) is 10.1 Å². The van der Waals surface area contributed by atoms with E-state index in [1.54, 1.807) is 12.1 Å². The molecule has 2 aliphatic heterocycles. The molecule has 0 aromatic heterocycles. The molecule has 9 heteroatoms. The molecule has 1 saturated carbocycles. The molecular formula is C25H27N2NaO5S+2. The standard InChI is InChI=1S/C25H26N2O5S.Na/c1-25(2)20(14-18-23(28)22(24(18)29)27-11-5-4-6-12-27)26(3)19-10-7-15-13-16(33(30,31)32)8-9-17(15)21(19)25;/h7-10,13-14,22H,4-6,11-12H2,1-3H3;/q;+1/p+1. The number of hydrogen-bond donors (Lipinski definition) is 1. The predicted octanol–water partition coefficient (Wildman–Crippen LogP) is 0.0292. The summed E-state index contributed by atoms with van der Waals surface area (Å²) in [4.78, 5) is 27.8. The average Bonchev–Trinajstić information content (AvgIpc) is 2.97. The molecule has 172 valence electrons. The number of nitrogens with zero attached hydrogens (tertiary/aromatic N) is 2. The van der Waals surface area contributed by atoms with Crippen LogP contribution in [0.4, 0.5) is 5.69 Å². The van der Waals surface area contributed by atoms with Gasteiger partial charge in [-0.1, -0.05) is 12.5 Å². The van der Waals surface area contributed by atoms with Crippen LogP contribution >= 0.6 is 0 Å². The van der Waals surface area contributed by atoms with Gasteiger partial charge in [0.05, 0.1) is 15.9 Å². The second-order valence-electron chi connectivity index (χ2n) is 9.67. The molecule has 0 spiro atoms. The maximum Gasteiger partial charge on any atom is 1.00 e. The van der Waals surface area contributed by atoms with Crippen molar-refractivity contribution in [2.24, 2.45) is 0 Å². The number of likely N-dealkylation sites (tertiary alicyclic amines) is 1. The Morgan fingerprint density at radius 3 is 2.32 bits per heavy atom. The number of fused-ring (bicyclic) bond motifs is 3. The second kappa shape index (κ2) is 8.76. The molecule has 0 amide bonds. The topological polar surface area (TPSA) is 94.8 Å². The van der Waals surface area contributed by atoms with E-state index in [2.05, 4.69) is 0 Å². The van der Waals surface area contributed by atoms with E-state index in [1.807, 2.05) is 42.5 Å². The fourth-order valence-corrected chi connectivity index (χ4v) is 6.11. The summed E-state index contributed by atoms with van der Waals surface area (Å²) in [5.41, 5.74) is 2.50. The molecule has 2 heterocycles. The summed E-state index contributed by atoms with van der Waals surface area (Å²) in [6, 6.07) is 7.65. The quantitative estimate of drug-likeness (QED) is 0.163. The number of ketones is 2. The first kappa shape index (κ1) is 25.4. The molecule has 7 nitrogen and oxygen atoms in total. The molecule has 1 N–H and O–H groups in total. The van der Waals surface area contributed by atoms with Crippen LogP contribution in [0, 0.1) is 0 Å². The van der Waals surface area contributed by atoms with Gasteiger partial charge in [-0.15, -0.1) is 0 Å². The zero-order chi connectivity index (χ0) is 23.7. The van der Waals surface area contributed by atoms with Gasteiger partial charge in [0.15, 0.2) is 17.3 Å². The molecule has 0 bridgehead atoms. The van der Waals surface area contributed by atoms with Crippen LogP contribution in [0.3, 0.4) is 0 Å². The fourth-order valence-electron chi connectivity index (χ4n) is 5.59. The van der Waals surface area contributed by atoms with Crippen molar-refractivity contribution in [2.45, 2.75) is 49.5 Å². The van der Waals surface area contributed by atoms with Gasteiger partial charge in [-0.25, -0.2) is 0 Å². The van der Waals surface area contributed by atoms with Crippen LogP contribution in [0.1, 0.15) is 38.7 Å². The number of hydrogen-bond acceptors (Lipinski definition) is 5. The number of rotatable bonds is 3. The smallest absolute Gasteiger partial charge is 0.292 e. The minimum Gasteiger partial charge on any atom is -0.292 e. The Labute approximate surface area is 221 Å². The molecule has 1 aliphatic carbocycles. The number of piperidine rings is 1. The maximum absolute atomic E-state index is 13.0. The normalized spacial score (nSPS) is 22.5. The van der Waals surface area contributed by atoms with Gasteiger partial charge in [-0.2, -0.15) is 13.0 Å². The Morgan fingerprint density at radius 1 is 1.06 bits per heavy atom. The molecule has 2 aromatic carbocycles. The Kier molecular flexibility index (Phi) is 6.55. The molecule has 0 atom stereocenters. The van der Waals surface area contributed by atoms with Crippen LogP contribution in [0.5, 0.6) is 0 Å². The first-order chi connectivity index (χ1) is 15.5. The van der Waals surface area contributed by atoms with Crippen LogP contribution < -0.4 is 29.6 Å². The Hall–Kier alpha value is -1.68. The zero-order valence-electron chi connectivity index (χ0n) is 20.0. The number of allylic oxidation sites excluding steroid dienone is 1. The van der Waals surface area contributed by atoms with Crippen molar-refractivity contribution in [1.29, 1.82) is 0 Å². The zero-order valence-corrected chi connectivity index (χ0v) is 22.8. The van der Waals surface area contributed by atoms with Crippen molar-refractivity contribution in [2.75, 3.05) is 20.1 Å². The van der Waals surface area contributed by atoms with Crippen LogP contribution in [0.15, 0.2) is 46.9 Å². The van der Waals surface area contributed by atoms with Crippen molar-refractivity contribution < 1.29 is 56.7 Å². The summed E-state index contributed by atoms with van der Waals surface area (Å²) in [6.07, 6.45) is 4.92. The molecule has 2 aromatic rings. The van der Waals surface area contributed by atoms with Crippen molar-refractivity contribution >= 4 is 43.9 Å². The summed E-state index contributed by atoms with van der Waals surface area (Å²) < 4.78 is 34.6. The van der Waals surface area contributed by atoms with Gasteiger partial charge < -0.3 is 0 Å². The molecule has 2 fully saturated rings. The fraction of sp³-hybridized carbons (Fsp3) is 0.400. The molecule has 5 rings (SSSR count). The van der Waals surface area contributed by atoms with Crippen LogP contribution in [0.2, 0.25) is 0 Å². The maximum atomic E-state index is 13.0. The van der Waals surface area contributed by atoms with E-state index in [0.717, 1.165) is 54.7 Å². The molecule has 1 saturated heterocycles. The summed E-state index contributed by atoms with van der Waals surface area (Å²) in [7, 11) is -2.39. The van der Waals surface area contributed by atoms with E-state index in [0.29, 0.717) is 5.39 Å². The third-order valence-electron chi connectivity index (χ3n) is 7.32. The van der Waals surface area contributed by atoms with Gasteiger partial charge in [0, 0.05) is 17.7 Å². The largest absolute Gasteiger partial charge is 1.00 e. The monoisotopic (exact) mass is 490 g/mol. The molecular weight excluding hydrogens is 463 g/mol. The SMILES string of the molecule is C[N+]1=C(C=C2C(=O)C(N3CCCCC3)C2=O)C(C)(C)c2c1ccc1cc(S(=O)(=O)O)ccc21.[Na+]. The number of benzene rings is 2. The van der Waals surface area contributed by atoms with E-state index in [9.17, 15) is 22.6 Å². The first-order valence-corrected chi connectivity index (χ1v) is 12.7. The van der Waals surface area contributed by atoms with E-state index in [-0.39, 0.29) is 51.6 Å². The molecule has 0 unspecified atom stereocenters. The number of Topliss-reactive ketones (excluding diaryl/α,β-unsaturated/α-hetero) is 2. The Balaban J connectivity index is 0.00000274. The van der Waals surface area contributed by atoms with Gasteiger partial charge in [0.1, 0.15) is 13.1 Å². The molecule has 0 radical (unpaired) electrons. The van der Waals surface area contributed by atoms with Crippen molar-refractivity contribution in [3.63, 3.8) is 0 Å². The van der Waals surface area contributed by atoms with Crippen molar-refractivity contribution in [3.8, 4) is 0 Å².